The van der Waals surface area contributed by atoms with E-state index in [2.05, 4.69) is 25.8 Å². The Morgan fingerprint density at radius 2 is 1.73 bits per heavy atom. The number of carbonyl (C=O) groups is 2. The number of likely N-dealkylation sites (tertiary alicyclic amines) is 2. The third kappa shape index (κ3) is 7.39. The molecule has 6 atom stereocenters. The number of piperidine rings is 2. The molecule has 234 valence electrons. The number of halogens is 1. The number of rotatable bonds is 8. The van der Waals surface area contributed by atoms with Gasteiger partial charge >= 0.3 is 0 Å². The molecule has 5 unspecified atom stereocenters. The van der Waals surface area contributed by atoms with Crippen molar-refractivity contribution < 1.29 is 18.7 Å². The number of nitrogens with one attached hydrogen (secondary N) is 3. The van der Waals surface area contributed by atoms with E-state index in [1.54, 1.807) is 7.11 Å². The van der Waals surface area contributed by atoms with Crippen LogP contribution in [0.3, 0.4) is 0 Å². The summed E-state index contributed by atoms with van der Waals surface area (Å²) in [5.41, 5.74) is 12.6. The first kappa shape index (κ1) is 31.0. The zero-order chi connectivity index (χ0) is 28.9. The van der Waals surface area contributed by atoms with Crippen LogP contribution < -0.4 is 27.4 Å². The molecule has 5 rings (SSSR count). The highest BCUT2D eigenvalue weighted by Gasteiger charge is 2.44. The van der Waals surface area contributed by atoms with Gasteiger partial charge in [0.05, 0.1) is 30.4 Å². The molecule has 0 aromatic rings. The molecule has 12 heteroatoms. The van der Waals surface area contributed by atoms with Crippen molar-refractivity contribution in [1.29, 1.82) is 0 Å². The number of nitrogens with zero attached hydrogens (tertiary/aromatic N) is 3. The van der Waals surface area contributed by atoms with Gasteiger partial charge in [-0.2, -0.15) is 0 Å². The van der Waals surface area contributed by atoms with E-state index in [1.807, 2.05) is 4.90 Å². The van der Waals surface area contributed by atoms with Crippen molar-refractivity contribution in [2.45, 2.75) is 101 Å². The van der Waals surface area contributed by atoms with E-state index in [-0.39, 0.29) is 54.7 Å². The van der Waals surface area contributed by atoms with Gasteiger partial charge in [-0.05, 0) is 58.2 Å². The van der Waals surface area contributed by atoms with E-state index in [4.69, 9.17) is 16.2 Å². The molecule has 5 aliphatic rings. The van der Waals surface area contributed by atoms with Crippen LogP contribution in [0.25, 0.3) is 0 Å². The fraction of sp³-hybridized carbons (Fsp3) is 0.931. The van der Waals surface area contributed by atoms with Crippen LogP contribution >= 0.6 is 0 Å². The molecule has 7 N–H and O–H groups in total. The zero-order valence-corrected chi connectivity index (χ0v) is 24.8. The zero-order valence-electron chi connectivity index (χ0n) is 24.8. The van der Waals surface area contributed by atoms with Crippen molar-refractivity contribution in [2.75, 3.05) is 59.5 Å². The highest BCUT2D eigenvalue weighted by molar-refractivity contribution is 5.80. The summed E-state index contributed by atoms with van der Waals surface area (Å²) >= 11 is 0. The molecule has 5 fully saturated rings. The molecule has 4 heterocycles. The minimum Gasteiger partial charge on any atom is -0.380 e. The van der Waals surface area contributed by atoms with E-state index < -0.39 is 18.3 Å². The van der Waals surface area contributed by atoms with Gasteiger partial charge in [-0.15, -0.1) is 0 Å². The molecule has 4 aliphatic heterocycles. The molecular weight excluding hydrogens is 527 g/mol. The lowest BCUT2D eigenvalue weighted by atomic mass is 9.89. The lowest BCUT2D eigenvalue weighted by Gasteiger charge is -2.48. The lowest BCUT2D eigenvalue weighted by Crippen LogP contribution is -2.69. The Balaban J connectivity index is 1.20. The first-order valence-corrected chi connectivity index (χ1v) is 16.1. The molecule has 4 saturated heterocycles. The summed E-state index contributed by atoms with van der Waals surface area (Å²) in [6.07, 6.45) is 6.91. The van der Waals surface area contributed by atoms with E-state index >= 15 is 0 Å². The summed E-state index contributed by atoms with van der Waals surface area (Å²) in [7, 11) is 1.71. The molecule has 0 bridgehead atoms. The summed E-state index contributed by atoms with van der Waals surface area (Å²) in [5.74, 6) is -0.538. The molecule has 0 radical (unpaired) electrons. The quantitative estimate of drug-likeness (QED) is 0.242. The van der Waals surface area contributed by atoms with Crippen LogP contribution in [-0.2, 0) is 14.3 Å². The first-order chi connectivity index (χ1) is 19.9. The highest BCUT2D eigenvalue weighted by Crippen LogP contribution is 2.29. The predicted molar refractivity (Wildman–Crippen MR) is 155 cm³/mol. The SMILES string of the molecule is CO[C@@H]1CCN(C(=O)C2CCN(C3CCNCC3NC(=O)C(C(N)N)C3NCC(F)CN3C3CCCCC3)CC2)C1. The average Bonchev–Trinajstić information content (AvgIpc) is 3.48. The van der Waals surface area contributed by atoms with Gasteiger partial charge in [-0.1, -0.05) is 19.3 Å². The molecule has 0 aromatic carbocycles. The van der Waals surface area contributed by atoms with Gasteiger partial charge in [0.1, 0.15) is 6.17 Å². The van der Waals surface area contributed by atoms with Gasteiger partial charge in [-0.3, -0.25) is 24.7 Å². The molecule has 1 aliphatic carbocycles. The Morgan fingerprint density at radius 1 is 0.976 bits per heavy atom. The molecule has 0 spiro atoms. The van der Waals surface area contributed by atoms with Gasteiger partial charge in [0.2, 0.25) is 11.8 Å². The molecule has 2 amide bonds. The second-order valence-corrected chi connectivity index (χ2v) is 13.0. The lowest BCUT2D eigenvalue weighted by molar-refractivity contribution is -0.136. The first-order valence-electron chi connectivity index (χ1n) is 16.1. The van der Waals surface area contributed by atoms with Crippen LogP contribution in [0, 0.1) is 11.8 Å². The van der Waals surface area contributed by atoms with Crippen molar-refractivity contribution >= 4 is 11.8 Å². The molecule has 0 aromatic heterocycles. The Bertz CT molecular complexity index is 869. The van der Waals surface area contributed by atoms with Crippen molar-refractivity contribution in [3.05, 3.63) is 0 Å². The van der Waals surface area contributed by atoms with Gasteiger partial charge in [0, 0.05) is 57.8 Å². The van der Waals surface area contributed by atoms with E-state index in [1.165, 1.54) is 6.42 Å². The fourth-order valence-corrected chi connectivity index (χ4v) is 7.99. The topological polar surface area (TPSA) is 141 Å². The largest absolute Gasteiger partial charge is 0.380 e. The van der Waals surface area contributed by atoms with Crippen LogP contribution in [0.5, 0.6) is 0 Å². The Hall–Kier alpha value is -1.41. The monoisotopic (exact) mass is 580 g/mol. The Labute approximate surface area is 244 Å². The van der Waals surface area contributed by atoms with Crippen molar-refractivity contribution in [3.63, 3.8) is 0 Å². The normalized spacial score (nSPS) is 34.2. The highest BCUT2D eigenvalue weighted by atomic mass is 19.1. The van der Waals surface area contributed by atoms with Gasteiger partial charge < -0.3 is 31.7 Å². The van der Waals surface area contributed by atoms with Gasteiger partial charge in [0.15, 0.2) is 0 Å². The maximum absolute atomic E-state index is 14.5. The maximum Gasteiger partial charge on any atom is 0.229 e. The number of hydrogen-bond acceptors (Lipinski definition) is 9. The predicted octanol–water partition coefficient (Wildman–Crippen LogP) is -0.446. The second-order valence-electron chi connectivity index (χ2n) is 13.0. The van der Waals surface area contributed by atoms with E-state index in [9.17, 15) is 14.0 Å². The number of hydrogen-bond donors (Lipinski definition) is 5. The van der Waals surface area contributed by atoms with Crippen molar-refractivity contribution in [3.8, 4) is 0 Å². The summed E-state index contributed by atoms with van der Waals surface area (Å²) < 4.78 is 20.0. The molecular formula is C29H53FN8O3. The van der Waals surface area contributed by atoms with Crippen LogP contribution in [0.2, 0.25) is 0 Å². The Kier molecular flexibility index (Phi) is 10.9. The Morgan fingerprint density at radius 3 is 2.41 bits per heavy atom. The molecule has 1 saturated carbocycles. The van der Waals surface area contributed by atoms with E-state index in [0.29, 0.717) is 19.6 Å². The maximum atomic E-state index is 14.5. The van der Waals surface area contributed by atoms with Gasteiger partial charge in [-0.25, -0.2) is 4.39 Å². The third-order valence-corrected chi connectivity index (χ3v) is 10.3. The fourth-order valence-electron chi connectivity index (χ4n) is 7.99. The minimum absolute atomic E-state index is 0.0544. The molecule has 41 heavy (non-hydrogen) atoms. The van der Waals surface area contributed by atoms with Crippen LogP contribution in [0.1, 0.15) is 57.8 Å². The smallest absolute Gasteiger partial charge is 0.229 e. The number of carbonyl (C=O) groups excluding carboxylic acids is 2. The number of methoxy groups -OCH3 is 1. The summed E-state index contributed by atoms with van der Waals surface area (Å²) in [6.45, 7) is 5.23. The summed E-state index contributed by atoms with van der Waals surface area (Å²) in [6, 6.07) is 0.328. The third-order valence-electron chi connectivity index (χ3n) is 10.3. The standard InChI is InChI=1S/C29H53FN8O3/c1-41-22-10-14-37(18-22)29(40)19-8-12-36(13-9-19)24-7-11-33-16-23(24)35-28(39)25(26(31)32)27-34-15-20(30)17-38(27)21-5-3-2-4-6-21/h19-27,33-34H,2-18,31-32H2,1H3,(H,35,39)/t20?,22-,23?,24?,25?,27?/m1/s1. The number of alkyl halides is 1. The van der Waals surface area contributed by atoms with Crippen molar-refractivity contribution in [1.82, 2.24) is 30.7 Å². The van der Waals surface area contributed by atoms with Crippen LogP contribution in [-0.4, -0.2) is 129 Å². The van der Waals surface area contributed by atoms with Gasteiger partial charge in [0.25, 0.3) is 0 Å². The van der Waals surface area contributed by atoms with Crippen molar-refractivity contribution in [2.24, 2.45) is 23.3 Å². The van der Waals surface area contributed by atoms with Crippen LogP contribution in [0.15, 0.2) is 0 Å². The molecule has 11 nitrogen and oxygen atoms in total. The number of amides is 2. The van der Waals surface area contributed by atoms with Crippen LogP contribution in [0.4, 0.5) is 4.39 Å². The number of ether oxygens (including phenoxy) is 1. The van der Waals surface area contributed by atoms with E-state index in [0.717, 1.165) is 77.5 Å². The minimum atomic E-state index is -0.973. The second kappa shape index (κ2) is 14.4. The summed E-state index contributed by atoms with van der Waals surface area (Å²) in [4.78, 5) is 33.6. The number of nitrogens with two attached hydrogens (primary N) is 2. The average molecular weight is 581 g/mol. The summed E-state index contributed by atoms with van der Waals surface area (Å²) in [5, 5.41) is 10.1.